The molecule has 1 unspecified atom stereocenters. The smallest absolute Gasteiger partial charge is 0.329 e. The van der Waals surface area contributed by atoms with Crippen molar-refractivity contribution in [3.8, 4) is 11.5 Å². The average Bonchev–Trinajstić information content (AvgIpc) is 3.29. The van der Waals surface area contributed by atoms with Crippen LogP contribution >= 0.6 is 0 Å². The molecule has 0 spiro atoms. The third-order valence-corrected chi connectivity index (χ3v) is 3.39. The summed E-state index contributed by atoms with van der Waals surface area (Å²) in [5.41, 5.74) is 5.09. The molecule has 1 aliphatic rings. The number of ether oxygens (including phenoxy) is 3. The van der Waals surface area contributed by atoms with Crippen LogP contribution in [0.4, 0.5) is 0 Å². The van der Waals surface area contributed by atoms with Crippen molar-refractivity contribution in [3.63, 3.8) is 0 Å². The van der Waals surface area contributed by atoms with Crippen molar-refractivity contribution < 1.29 is 19.0 Å². The lowest BCUT2D eigenvalue weighted by Crippen LogP contribution is -2.55. The molecule has 104 valence electrons. The minimum Gasteiger partial charge on any atom is -0.497 e. The summed E-state index contributed by atoms with van der Waals surface area (Å²) in [5, 5.41) is 0. The van der Waals surface area contributed by atoms with Gasteiger partial charge < -0.3 is 19.9 Å². The molecule has 0 radical (unpaired) electrons. The third kappa shape index (κ3) is 2.98. The van der Waals surface area contributed by atoms with Gasteiger partial charge in [-0.25, -0.2) is 4.79 Å². The summed E-state index contributed by atoms with van der Waals surface area (Å²) < 4.78 is 15.5. The van der Waals surface area contributed by atoms with Crippen molar-refractivity contribution in [2.24, 2.45) is 11.7 Å². The van der Waals surface area contributed by atoms with Gasteiger partial charge in [0.25, 0.3) is 0 Å². The highest BCUT2D eigenvalue weighted by atomic mass is 16.5. The molecule has 1 aromatic rings. The first-order valence-corrected chi connectivity index (χ1v) is 6.24. The zero-order valence-electron chi connectivity index (χ0n) is 11.2. The van der Waals surface area contributed by atoms with Crippen LogP contribution in [0.5, 0.6) is 11.5 Å². The third-order valence-electron chi connectivity index (χ3n) is 3.39. The fraction of sp³-hybridized carbons (Fsp3) is 0.500. The standard InChI is InChI=1S/C14H19NO4/c1-17-11-4-3-5-12(8-11)19-9-14(15,10-6-7-10)13(16)18-2/h3-5,8,10H,6-7,9,15H2,1-2H3. The molecule has 0 aromatic heterocycles. The Bertz CT molecular complexity index is 459. The van der Waals surface area contributed by atoms with Gasteiger partial charge in [-0.3, -0.25) is 0 Å². The Kier molecular flexibility index (Phi) is 3.95. The van der Waals surface area contributed by atoms with E-state index >= 15 is 0 Å². The fourth-order valence-corrected chi connectivity index (χ4v) is 2.03. The van der Waals surface area contributed by atoms with E-state index in [1.165, 1.54) is 7.11 Å². The summed E-state index contributed by atoms with van der Waals surface area (Å²) in [6.45, 7) is 0.109. The van der Waals surface area contributed by atoms with Gasteiger partial charge >= 0.3 is 5.97 Å². The quantitative estimate of drug-likeness (QED) is 0.786. The molecule has 0 amide bonds. The van der Waals surface area contributed by atoms with Gasteiger partial charge in [0.1, 0.15) is 18.1 Å². The topological polar surface area (TPSA) is 70.8 Å². The Labute approximate surface area is 112 Å². The van der Waals surface area contributed by atoms with Gasteiger partial charge in [0.05, 0.1) is 14.2 Å². The molecule has 19 heavy (non-hydrogen) atoms. The van der Waals surface area contributed by atoms with Crippen molar-refractivity contribution >= 4 is 5.97 Å². The van der Waals surface area contributed by atoms with Crippen molar-refractivity contribution in [1.82, 2.24) is 0 Å². The predicted molar refractivity (Wildman–Crippen MR) is 70.1 cm³/mol. The fourth-order valence-electron chi connectivity index (χ4n) is 2.03. The first-order chi connectivity index (χ1) is 9.10. The number of carbonyl (C=O) groups is 1. The van der Waals surface area contributed by atoms with E-state index < -0.39 is 11.5 Å². The van der Waals surface area contributed by atoms with Crippen LogP contribution in [-0.2, 0) is 9.53 Å². The summed E-state index contributed by atoms with van der Waals surface area (Å²) in [4.78, 5) is 11.8. The van der Waals surface area contributed by atoms with E-state index in [1.807, 2.05) is 12.1 Å². The lowest BCUT2D eigenvalue weighted by Gasteiger charge is -2.26. The zero-order valence-corrected chi connectivity index (χ0v) is 11.2. The molecule has 5 nitrogen and oxygen atoms in total. The minimum absolute atomic E-state index is 0.109. The molecule has 0 saturated heterocycles. The van der Waals surface area contributed by atoms with Gasteiger partial charge in [-0.1, -0.05) is 6.07 Å². The Morgan fingerprint density at radius 2 is 2.05 bits per heavy atom. The lowest BCUT2D eigenvalue weighted by atomic mass is 9.96. The number of methoxy groups -OCH3 is 2. The second-order valence-electron chi connectivity index (χ2n) is 4.77. The highest BCUT2D eigenvalue weighted by molar-refractivity contribution is 5.81. The van der Waals surface area contributed by atoms with Crippen LogP contribution in [0.1, 0.15) is 12.8 Å². The van der Waals surface area contributed by atoms with Gasteiger partial charge in [-0.2, -0.15) is 0 Å². The van der Waals surface area contributed by atoms with Crippen LogP contribution in [0.2, 0.25) is 0 Å². The molecular formula is C14H19NO4. The van der Waals surface area contributed by atoms with Crippen molar-refractivity contribution in [3.05, 3.63) is 24.3 Å². The van der Waals surface area contributed by atoms with Crippen LogP contribution in [0.3, 0.4) is 0 Å². The molecule has 0 heterocycles. The zero-order chi connectivity index (χ0) is 13.9. The number of esters is 1. The summed E-state index contributed by atoms with van der Waals surface area (Å²) in [6, 6.07) is 7.20. The number of hydrogen-bond acceptors (Lipinski definition) is 5. The van der Waals surface area contributed by atoms with Crippen LogP contribution < -0.4 is 15.2 Å². The molecule has 1 saturated carbocycles. The molecule has 1 aliphatic carbocycles. The normalized spacial score (nSPS) is 17.4. The Morgan fingerprint density at radius 3 is 2.63 bits per heavy atom. The molecule has 2 N–H and O–H groups in total. The van der Waals surface area contributed by atoms with Gasteiger partial charge in [-0.05, 0) is 30.9 Å². The maximum absolute atomic E-state index is 11.8. The maximum atomic E-state index is 11.8. The Morgan fingerprint density at radius 1 is 1.37 bits per heavy atom. The summed E-state index contributed by atoms with van der Waals surface area (Å²) >= 11 is 0. The molecule has 1 fully saturated rings. The van der Waals surface area contributed by atoms with Gasteiger partial charge in [-0.15, -0.1) is 0 Å². The van der Waals surface area contributed by atoms with E-state index in [1.54, 1.807) is 19.2 Å². The summed E-state index contributed by atoms with van der Waals surface area (Å²) in [7, 11) is 2.93. The van der Waals surface area contributed by atoms with Crippen molar-refractivity contribution in [2.75, 3.05) is 20.8 Å². The van der Waals surface area contributed by atoms with Crippen LogP contribution in [0.25, 0.3) is 0 Å². The van der Waals surface area contributed by atoms with Crippen molar-refractivity contribution in [2.45, 2.75) is 18.4 Å². The van der Waals surface area contributed by atoms with Crippen LogP contribution in [0.15, 0.2) is 24.3 Å². The van der Waals surface area contributed by atoms with E-state index in [0.717, 1.165) is 12.8 Å². The van der Waals surface area contributed by atoms with E-state index in [-0.39, 0.29) is 12.5 Å². The Hall–Kier alpha value is -1.75. The molecular weight excluding hydrogens is 246 g/mol. The minimum atomic E-state index is -1.06. The SMILES string of the molecule is COC(=O)C(N)(COc1cccc(OC)c1)C1CC1. The molecule has 0 aliphatic heterocycles. The molecule has 2 rings (SSSR count). The van der Waals surface area contributed by atoms with Crippen LogP contribution in [0, 0.1) is 5.92 Å². The lowest BCUT2D eigenvalue weighted by molar-refractivity contribution is -0.149. The largest absolute Gasteiger partial charge is 0.497 e. The number of hydrogen-bond donors (Lipinski definition) is 1. The number of carbonyl (C=O) groups excluding carboxylic acids is 1. The molecule has 1 atom stereocenters. The van der Waals surface area contributed by atoms with E-state index in [4.69, 9.17) is 19.9 Å². The maximum Gasteiger partial charge on any atom is 0.329 e. The number of benzene rings is 1. The highest BCUT2D eigenvalue weighted by Crippen LogP contribution is 2.39. The molecule has 0 bridgehead atoms. The van der Waals surface area contributed by atoms with E-state index in [9.17, 15) is 4.79 Å². The van der Waals surface area contributed by atoms with E-state index in [2.05, 4.69) is 0 Å². The predicted octanol–water partition coefficient (Wildman–Crippen LogP) is 1.35. The second kappa shape index (κ2) is 5.48. The van der Waals surface area contributed by atoms with Gasteiger partial charge in [0.2, 0.25) is 0 Å². The highest BCUT2D eigenvalue weighted by Gasteiger charge is 2.49. The number of rotatable bonds is 6. The molecule has 5 heteroatoms. The number of nitrogens with two attached hydrogens (primary N) is 1. The van der Waals surface area contributed by atoms with E-state index in [0.29, 0.717) is 11.5 Å². The van der Waals surface area contributed by atoms with Crippen molar-refractivity contribution in [1.29, 1.82) is 0 Å². The first-order valence-electron chi connectivity index (χ1n) is 6.24. The first kappa shape index (κ1) is 13.7. The average molecular weight is 265 g/mol. The van der Waals surface area contributed by atoms with Crippen LogP contribution in [-0.4, -0.2) is 32.3 Å². The monoisotopic (exact) mass is 265 g/mol. The summed E-state index contributed by atoms with van der Waals surface area (Å²) in [6.07, 6.45) is 1.88. The Balaban J connectivity index is 2.04. The van der Waals surface area contributed by atoms with Gasteiger partial charge in [0.15, 0.2) is 5.54 Å². The summed E-state index contributed by atoms with van der Waals surface area (Å²) in [5.74, 6) is 1.05. The second-order valence-corrected chi connectivity index (χ2v) is 4.77. The molecule has 1 aromatic carbocycles. The van der Waals surface area contributed by atoms with Gasteiger partial charge in [0, 0.05) is 6.07 Å².